The molecule has 6 heteroatoms. The molecular formula is C8H9ClNO3S-. The second kappa shape index (κ2) is 4.63. The van der Waals surface area contributed by atoms with Gasteiger partial charge in [-0.1, -0.05) is 18.5 Å². The van der Waals surface area contributed by atoms with Crippen LogP contribution in [0, 0.1) is 0 Å². The van der Waals surface area contributed by atoms with Gasteiger partial charge in [-0.3, -0.25) is 0 Å². The van der Waals surface area contributed by atoms with Crippen LogP contribution < -0.4 is 9.92 Å². The monoisotopic (exact) mass is 234 g/mol. The highest BCUT2D eigenvalue weighted by atomic mass is 35.5. The Morgan fingerprint density at radius 3 is 2.79 bits per heavy atom. The van der Waals surface area contributed by atoms with Crippen molar-refractivity contribution in [2.45, 2.75) is 13.3 Å². The summed E-state index contributed by atoms with van der Waals surface area (Å²) in [6.45, 7) is 1.92. The van der Waals surface area contributed by atoms with Gasteiger partial charge in [0.1, 0.15) is 11.4 Å². The second-order valence-corrected chi connectivity index (χ2v) is 3.60. The average Bonchev–Trinajstić information content (AvgIpc) is 2.10. The summed E-state index contributed by atoms with van der Waals surface area (Å²) in [5.41, 5.74) is 6.67. The van der Waals surface area contributed by atoms with E-state index in [0.29, 0.717) is 5.02 Å². The van der Waals surface area contributed by atoms with Crippen molar-refractivity contribution in [3.8, 4) is 5.75 Å². The van der Waals surface area contributed by atoms with E-state index in [2.05, 4.69) is 4.18 Å². The van der Waals surface area contributed by atoms with E-state index in [9.17, 15) is 8.76 Å². The van der Waals surface area contributed by atoms with Crippen LogP contribution in [-0.2, 0) is 17.8 Å². The van der Waals surface area contributed by atoms with E-state index in [4.69, 9.17) is 17.3 Å². The second-order valence-electron chi connectivity index (χ2n) is 2.62. The van der Waals surface area contributed by atoms with E-state index in [1.54, 1.807) is 6.07 Å². The third kappa shape index (κ3) is 2.60. The van der Waals surface area contributed by atoms with Crippen molar-refractivity contribution in [2.24, 2.45) is 0 Å². The number of nitrogen functional groups attached to an aromatic ring is 1. The molecule has 4 nitrogen and oxygen atoms in total. The SMILES string of the molecule is CCc1cc(N)c(OS(=O)[O-])cc1Cl. The molecule has 78 valence electrons. The summed E-state index contributed by atoms with van der Waals surface area (Å²) in [5.74, 6) is 0.0560. The predicted molar refractivity (Wildman–Crippen MR) is 54.8 cm³/mol. The van der Waals surface area contributed by atoms with Crippen LogP contribution in [0.3, 0.4) is 0 Å². The van der Waals surface area contributed by atoms with Crippen LogP contribution >= 0.6 is 11.6 Å². The van der Waals surface area contributed by atoms with Crippen LogP contribution in [0.25, 0.3) is 0 Å². The quantitative estimate of drug-likeness (QED) is 0.638. The minimum Gasteiger partial charge on any atom is -0.740 e. The first kappa shape index (κ1) is 11.3. The van der Waals surface area contributed by atoms with Gasteiger partial charge in [-0.15, -0.1) is 0 Å². The molecule has 0 saturated carbocycles. The molecule has 0 fully saturated rings. The molecule has 2 N–H and O–H groups in total. The summed E-state index contributed by atoms with van der Waals surface area (Å²) in [7, 11) is 0. The summed E-state index contributed by atoms with van der Waals surface area (Å²) in [6, 6.07) is 3.00. The number of benzene rings is 1. The van der Waals surface area contributed by atoms with Gasteiger partial charge in [0.2, 0.25) is 0 Å². The lowest BCUT2D eigenvalue weighted by molar-refractivity contribution is 0.441. The third-order valence-corrected chi connectivity index (χ3v) is 2.39. The maximum absolute atomic E-state index is 10.3. The summed E-state index contributed by atoms with van der Waals surface area (Å²) >= 11 is 3.22. The van der Waals surface area contributed by atoms with Crippen LogP contribution in [0.15, 0.2) is 12.1 Å². The lowest BCUT2D eigenvalue weighted by Gasteiger charge is -2.11. The number of nitrogens with two attached hydrogens (primary N) is 1. The van der Waals surface area contributed by atoms with Gasteiger partial charge in [-0.05, 0) is 18.1 Å². The highest BCUT2D eigenvalue weighted by Crippen LogP contribution is 2.29. The molecule has 0 saturated heterocycles. The first-order valence-electron chi connectivity index (χ1n) is 3.90. The number of anilines is 1. The zero-order chi connectivity index (χ0) is 10.7. The van der Waals surface area contributed by atoms with E-state index < -0.39 is 11.4 Å². The molecule has 0 heterocycles. The maximum atomic E-state index is 10.3. The molecule has 0 radical (unpaired) electrons. The van der Waals surface area contributed by atoms with Crippen LogP contribution in [0.2, 0.25) is 5.02 Å². The van der Waals surface area contributed by atoms with Crippen LogP contribution in [0.4, 0.5) is 5.69 Å². The lowest BCUT2D eigenvalue weighted by Crippen LogP contribution is -2.02. The summed E-state index contributed by atoms with van der Waals surface area (Å²) in [6.07, 6.45) is 0.726. The first-order chi connectivity index (χ1) is 6.54. The summed E-state index contributed by atoms with van der Waals surface area (Å²) in [5, 5.41) is 0.446. The molecule has 0 spiro atoms. The Hall–Kier alpha value is -0.780. The highest BCUT2D eigenvalue weighted by molar-refractivity contribution is 7.74. The van der Waals surface area contributed by atoms with Crippen molar-refractivity contribution >= 4 is 28.6 Å². The molecule has 1 unspecified atom stereocenters. The van der Waals surface area contributed by atoms with Crippen LogP contribution in [-0.4, -0.2) is 8.76 Å². The van der Waals surface area contributed by atoms with E-state index in [-0.39, 0.29) is 11.4 Å². The van der Waals surface area contributed by atoms with E-state index in [1.807, 2.05) is 6.92 Å². The Kier molecular flexibility index (Phi) is 3.74. The normalized spacial score (nSPS) is 12.5. The van der Waals surface area contributed by atoms with Crippen LogP contribution in [0.5, 0.6) is 5.75 Å². The van der Waals surface area contributed by atoms with E-state index in [1.165, 1.54) is 6.07 Å². The molecule has 0 aliphatic carbocycles. The molecule has 1 aromatic carbocycles. The van der Waals surface area contributed by atoms with Gasteiger partial charge in [0.25, 0.3) is 0 Å². The maximum Gasteiger partial charge on any atom is 0.163 e. The summed E-state index contributed by atoms with van der Waals surface area (Å²) in [4.78, 5) is 0. The first-order valence-corrected chi connectivity index (χ1v) is 5.28. The number of halogens is 1. The van der Waals surface area contributed by atoms with Gasteiger partial charge in [-0.25, -0.2) is 4.21 Å². The molecule has 0 aromatic heterocycles. The molecular weight excluding hydrogens is 226 g/mol. The Balaban J connectivity index is 3.08. The Morgan fingerprint density at radius 1 is 1.64 bits per heavy atom. The number of hydrogen-bond acceptors (Lipinski definition) is 4. The van der Waals surface area contributed by atoms with Crippen molar-refractivity contribution in [3.63, 3.8) is 0 Å². The molecule has 0 aliphatic heterocycles. The number of rotatable bonds is 3. The van der Waals surface area contributed by atoms with Crippen LogP contribution in [0.1, 0.15) is 12.5 Å². The van der Waals surface area contributed by atoms with Gasteiger partial charge in [0.15, 0.2) is 5.75 Å². The standard InChI is InChI=1S/C8H10ClNO3S/c1-2-5-3-7(10)8(4-6(5)9)13-14(11)12/h3-4H,2,10H2,1H3,(H,11,12)/p-1. The molecule has 0 bridgehead atoms. The van der Waals surface area contributed by atoms with Crippen molar-refractivity contribution in [2.75, 3.05) is 5.73 Å². The molecule has 0 aliphatic rings. The third-order valence-electron chi connectivity index (χ3n) is 1.72. The van der Waals surface area contributed by atoms with Gasteiger partial charge >= 0.3 is 0 Å². The van der Waals surface area contributed by atoms with E-state index in [0.717, 1.165) is 12.0 Å². The Labute approximate surface area is 89.5 Å². The Bertz CT molecular complexity index is 370. The van der Waals surface area contributed by atoms with Gasteiger partial charge < -0.3 is 14.5 Å². The lowest BCUT2D eigenvalue weighted by atomic mass is 10.1. The fraction of sp³-hybridized carbons (Fsp3) is 0.250. The van der Waals surface area contributed by atoms with E-state index >= 15 is 0 Å². The summed E-state index contributed by atoms with van der Waals surface area (Å²) < 4.78 is 25.0. The predicted octanol–water partition coefficient (Wildman–Crippen LogP) is 1.66. The highest BCUT2D eigenvalue weighted by Gasteiger charge is 2.06. The molecule has 14 heavy (non-hydrogen) atoms. The number of hydrogen-bond donors (Lipinski definition) is 1. The Morgan fingerprint density at radius 2 is 2.29 bits per heavy atom. The minimum atomic E-state index is -2.63. The molecule has 1 aromatic rings. The van der Waals surface area contributed by atoms with Crippen molar-refractivity contribution in [1.82, 2.24) is 0 Å². The van der Waals surface area contributed by atoms with Crippen molar-refractivity contribution < 1.29 is 12.9 Å². The average molecular weight is 235 g/mol. The largest absolute Gasteiger partial charge is 0.740 e. The van der Waals surface area contributed by atoms with Gasteiger partial charge in [-0.2, -0.15) is 0 Å². The van der Waals surface area contributed by atoms with Gasteiger partial charge in [0.05, 0.1) is 5.69 Å². The van der Waals surface area contributed by atoms with Crippen molar-refractivity contribution in [1.29, 1.82) is 0 Å². The molecule has 0 amide bonds. The smallest absolute Gasteiger partial charge is 0.163 e. The zero-order valence-electron chi connectivity index (χ0n) is 7.45. The topological polar surface area (TPSA) is 75.4 Å². The minimum absolute atomic E-state index is 0.0560. The molecule has 1 rings (SSSR count). The zero-order valence-corrected chi connectivity index (χ0v) is 9.02. The molecule has 1 atom stereocenters. The fourth-order valence-electron chi connectivity index (χ4n) is 1.04. The van der Waals surface area contributed by atoms with Crippen molar-refractivity contribution in [3.05, 3.63) is 22.7 Å². The number of aryl methyl sites for hydroxylation is 1. The fourth-order valence-corrected chi connectivity index (χ4v) is 1.61. The van der Waals surface area contributed by atoms with Gasteiger partial charge in [0, 0.05) is 11.1 Å².